The Bertz CT molecular complexity index is 427. The van der Waals surface area contributed by atoms with E-state index in [1.54, 1.807) is 12.3 Å². The highest BCUT2D eigenvalue weighted by Crippen LogP contribution is 2.41. The van der Waals surface area contributed by atoms with Gasteiger partial charge in [-0.15, -0.1) is 0 Å². The molecule has 2 saturated heterocycles. The van der Waals surface area contributed by atoms with Crippen molar-refractivity contribution < 1.29 is 5.11 Å². The van der Waals surface area contributed by atoms with Gasteiger partial charge in [-0.2, -0.15) is 0 Å². The fourth-order valence-electron chi connectivity index (χ4n) is 3.09. The molecule has 1 aromatic rings. The predicted octanol–water partition coefficient (Wildman–Crippen LogP) is 2.88. The molecule has 2 aliphatic rings. The number of fused-ring (bicyclic) bond motifs is 2. The molecular formula is C12H14Cl2N2O. The van der Waals surface area contributed by atoms with Crippen LogP contribution in [0.5, 0.6) is 0 Å². The molecule has 0 spiro atoms. The lowest BCUT2D eigenvalue weighted by molar-refractivity contribution is 0.126. The lowest BCUT2D eigenvalue weighted by atomic mass is 10.00. The number of halogens is 2. The minimum absolute atomic E-state index is 0.171. The molecule has 3 rings (SSSR count). The van der Waals surface area contributed by atoms with Gasteiger partial charge < -0.3 is 10.0 Å². The molecule has 3 nitrogen and oxygen atoms in total. The third-order valence-corrected chi connectivity index (χ3v) is 4.23. The number of anilines is 1. The summed E-state index contributed by atoms with van der Waals surface area (Å²) in [6.07, 6.45) is 5.32. The van der Waals surface area contributed by atoms with E-state index in [1.807, 2.05) is 0 Å². The van der Waals surface area contributed by atoms with Crippen molar-refractivity contribution in [2.24, 2.45) is 0 Å². The van der Waals surface area contributed by atoms with Crippen LogP contribution in [-0.2, 0) is 0 Å². The lowest BCUT2D eigenvalue weighted by Crippen LogP contribution is -2.45. The predicted molar refractivity (Wildman–Crippen MR) is 68.8 cm³/mol. The summed E-state index contributed by atoms with van der Waals surface area (Å²) in [6.45, 7) is 0. The Labute approximate surface area is 110 Å². The molecule has 5 heteroatoms. The Kier molecular flexibility index (Phi) is 2.93. The molecule has 0 saturated carbocycles. The van der Waals surface area contributed by atoms with Crippen molar-refractivity contribution in [3.8, 4) is 0 Å². The van der Waals surface area contributed by atoms with Gasteiger partial charge in [-0.25, -0.2) is 4.98 Å². The van der Waals surface area contributed by atoms with Crippen molar-refractivity contribution in [2.45, 2.75) is 43.9 Å². The summed E-state index contributed by atoms with van der Waals surface area (Å²) < 4.78 is 0. The second-order valence-electron chi connectivity index (χ2n) is 4.88. The van der Waals surface area contributed by atoms with Crippen LogP contribution in [0.4, 0.5) is 5.82 Å². The van der Waals surface area contributed by atoms with E-state index >= 15 is 0 Å². The first-order valence-corrected chi connectivity index (χ1v) is 6.68. The van der Waals surface area contributed by atoms with Gasteiger partial charge in [0.05, 0.1) is 16.1 Å². The maximum Gasteiger partial charge on any atom is 0.147 e. The van der Waals surface area contributed by atoms with Crippen LogP contribution in [0.25, 0.3) is 0 Å². The number of piperidine rings is 1. The van der Waals surface area contributed by atoms with Gasteiger partial charge in [0.1, 0.15) is 5.82 Å². The fraction of sp³-hybridized carbons (Fsp3) is 0.583. The van der Waals surface area contributed by atoms with Gasteiger partial charge in [-0.3, -0.25) is 0 Å². The molecule has 0 aliphatic carbocycles. The van der Waals surface area contributed by atoms with Crippen molar-refractivity contribution >= 4 is 29.0 Å². The molecule has 2 aliphatic heterocycles. The van der Waals surface area contributed by atoms with Gasteiger partial charge in [0, 0.05) is 18.3 Å². The average Bonchev–Trinajstić information content (AvgIpc) is 2.53. The SMILES string of the molecule is OC1CC2CCC(C1)N2c1ncc(Cl)cc1Cl. The number of hydrogen-bond acceptors (Lipinski definition) is 3. The second-order valence-corrected chi connectivity index (χ2v) is 5.72. The third kappa shape index (κ3) is 2.01. The minimum atomic E-state index is -0.171. The first-order chi connectivity index (χ1) is 8.15. The standard InChI is InChI=1S/C12H14Cl2N2O/c13-7-3-11(14)12(15-6-7)16-8-1-2-9(16)5-10(17)4-8/h3,6,8-10,17H,1-2,4-5H2. The second kappa shape index (κ2) is 4.30. The number of rotatable bonds is 1. The Morgan fingerprint density at radius 2 is 1.88 bits per heavy atom. The Balaban J connectivity index is 1.94. The molecule has 2 fully saturated rings. The van der Waals surface area contributed by atoms with Crippen molar-refractivity contribution in [3.63, 3.8) is 0 Å². The van der Waals surface area contributed by atoms with Gasteiger partial charge >= 0.3 is 0 Å². The number of aliphatic hydroxyl groups is 1. The van der Waals surface area contributed by atoms with E-state index in [2.05, 4.69) is 9.88 Å². The summed E-state index contributed by atoms with van der Waals surface area (Å²) in [5, 5.41) is 10.9. The molecule has 0 aromatic carbocycles. The quantitative estimate of drug-likeness (QED) is 0.854. The summed E-state index contributed by atoms with van der Waals surface area (Å²) in [5.74, 6) is 0.815. The van der Waals surface area contributed by atoms with Crippen LogP contribution < -0.4 is 4.90 Å². The van der Waals surface area contributed by atoms with E-state index in [0.29, 0.717) is 22.1 Å². The molecular weight excluding hydrogens is 259 g/mol. The number of aliphatic hydroxyl groups excluding tert-OH is 1. The summed E-state index contributed by atoms with van der Waals surface area (Å²) in [7, 11) is 0. The Morgan fingerprint density at radius 3 is 2.47 bits per heavy atom. The maximum atomic E-state index is 9.77. The lowest BCUT2D eigenvalue weighted by Gasteiger charge is -2.38. The average molecular weight is 273 g/mol. The molecule has 2 bridgehead atoms. The zero-order chi connectivity index (χ0) is 12.0. The zero-order valence-electron chi connectivity index (χ0n) is 9.31. The molecule has 1 aromatic heterocycles. The molecule has 3 heterocycles. The van der Waals surface area contributed by atoms with Crippen molar-refractivity contribution in [2.75, 3.05) is 4.90 Å². The van der Waals surface area contributed by atoms with Crippen LogP contribution in [0.2, 0.25) is 10.0 Å². The molecule has 2 unspecified atom stereocenters. The smallest absolute Gasteiger partial charge is 0.147 e. The fourth-order valence-corrected chi connectivity index (χ4v) is 3.57. The van der Waals surface area contributed by atoms with Crippen molar-refractivity contribution in [3.05, 3.63) is 22.3 Å². The molecule has 0 amide bonds. The summed E-state index contributed by atoms with van der Waals surface area (Å²) in [6, 6.07) is 2.47. The first-order valence-electron chi connectivity index (χ1n) is 5.92. The topological polar surface area (TPSA) is 36.4 Å². The number of nitrogens with zero attached hydrogens (tertiary/aromatic N) is 2. The molecule has 1 N–H and O–H groups in total. The Morgan fingerprint density at radius 1 is 1.24 bits per heavy atom. The summed E-state index contributed by atoms with van der Waals surface area (Å²) in [4.78, 5) is 6.62. The van der Waals surface area contributed by atoms with E-state index in [9.17, 15) is 5.11 Å². The number of pyridine rings is 1. The van der Waals surface area contributed by atoms with Gasteiger partial charge in [0.25, 0.3) is 0 Å². The highest BCUT2D eigenvalue weighted by Gasteiger charge is 2.41. The van der Waals surface area contributed by atoms with Crippen molar-refractivity contribution in [1.82, 2.24) is 4.98 Å². The van der Waals surface area contributed by atoms with Gasteiger partial charge in [-0.05, 0) is 31.7 Å². The molecule has 17 heavy (non-hydrogen) atoms. The highest BCUT2D eigenvalue weighted by atomic mass is 35.5. The van der Waals surface area contributed by atoms with E-state index in [-0.39, 0.29) is 6.10 Å². The first kappa shape index (κ1) is 11.6. The maximum absolute atomic E-state index is 9.77. The van der Waals surface area contributed by atoms with Gasteiger partial charge in [-0.1, -0.05) is 23.2 Å². The minimum Gasteiger partial charge on any atom is -0.393 e. The van der Waals surface area contributed by atoms with Crippen LogP contribution in [0, 0.1) is 0 Å². The van der Waals surface area contributed by atoms with Crippen LogP contribution >= 0.6 is 23.2 Å². The van der Waals surface area contributed by atoms with Gasteiger partial charge in [0.15, 0.2) is 0 Å². The van der Waals surface area contributed by atoms with Crippen LogP contribution in [0.1, 0.15) is 25.7 Å². The van der Waals surface area contributed by atoms with Crippen LogP contribution in [-0.4, -0.2) is 28.3 Å². The van der Waals surface area contributed by atoms with E-state index in [1.165, 1.54) is 0 Å². The number of aromatic nitrogens is 1. The Hall–Kier alpha value is -0.510. The van der Waals surface area contributed by atoms with E-state index < -0.39 is 0 Å². The molecule has 0 radical (unpaired) electrons. The van der Waals surface area contributed by atoms with Crippen LogP contribution in [0.15, 0.2) is 12.3 Å². The largest absolute Gasteiger partial charge is 0.393 e. The molecule has 92 valence electrons. The third-order valence-electron chi connectivity index (χ3n) is 3.74. The van der Waals surface area contributed by atoms with Crippen molar-refractivity contribution in [1.29, 1.82) is 0 Å². The monoisotopic (exact) mass is 272 g/mol. The van der Waals surface area contributed by atoms with E-state index in [4.69, 9.17) is 23.2 Å². The number of hydrogen-bond donors (Lipinski definition) is 1. The zero-order valence-corrected chi connectivity index (χ0v) is 10.8. The molecule has 2 atom stereocenters. The summed E-state index contributed by atoms with van der Waals surface area (Å²) >= 11 is 12.1. The van der Waals surface area contributed by atoms with E-state index in [0.717, 1.165) is 31.5 Å². The van der Waals surface area contributed by atoms with Crippen LogP contribution in [0.3, 0.4) is 0 Å². The normalized spacial score (nSPS) is 31.9. The highest BCUT2D eigenvalue weighted by molar-refractivity contribution is 6.36. The summed E-state index contributed by atoms with van der Waals surface area (Å²) in [5.41, 5.74) is 0. The van der Waals surface area contributed by atoms with Gasteiger partial charge in [0.2, 0.25) is 0 Å².